The van der Waals surface area contributed by atoms with E-state index in [1.807, 2.05) is 0 Å². The first-order valence-corrected chi connectivity index (χ1v) is 4.99. The van der Waals surface area contributed by atoms with Gasteiger partial charge in [0.05, 0.1) is 0 Å². The summed E-state index contributed by atoms with van der Waals surface area (Å²) in [6.07, 6.45) is 0. The second-order valence-corrected chi connectivity index (χ2v) is 3.57. The molecule has 0 bridgehead atoms. The predicted molar refractivity (Wildman–Crippen MR) is 53.3 cm³/mol. The van der Waals surface area contributed by atoms with Gasteiger partial charge in [0.25, 0.3) is 0 Å². The van der Waals surface area contributed by atoms with Crippen LogP contribution in [0.3, 0.4) is 0 Å². The molecule has 1 unspecified atom stereocenters. The topological polar surface area (TPSA) is 0 Å². The first-order valence-electron chi connectivity index (χ1n) is 3.49. The Morgan fingerprint density at radius 1 is 1.58 bits per heavy atom. The normalized spacial score (nSPS) is 13.0. The molecule has 1 aromatic carbocycles. The summed E-state index contributed by atoms with van der Waals surface area (Å²) in [5.74, 6) is -0.280. The summed E-state index contributed by atoms with van der Waals surface area (Å²) in [6, 6.07) is 4.31. The molecule has 0 aliphatic rings. The van der Waals surface area contributed by atoms with E-state index in [1.165, 1.54) is 12.1 Å². The van der Waals surface area contributed by atoms with Crippen molar-refractivity contribution in [3.8, 4) is 0 Å². The third-order valence-corrected chi connectivity index (χ3v) is 2.71. The summed E-state index contributed by atoms with van der Waals surface area (Å²) < 4.78 is 12.7. The van der Waals surface area contributed by atoms with Crippen LogP contribution in [0.2, 0.25) is 5.02 Å². The monoisotopic (exact) mass is 249 g/mol. The van der Waals surface area contributed by atoms with Crippen LogP contribution in [0.4, 0.5) is 4.39 Å². The minimum absolute atomic E-state index is 0.00630. The Bertz CT molecular complexity index is 275. The van der Waals surface area contributed by atoms with Crippen molar-refractivity contribution in [2.75, 3.05) is 5.33 Å². The van der Waals surface area contributed by atoms with Crippen molar-refractivity contribution in [2.24, 2.45) is 0 Å². The van der Waals surface area contributed by atoms with E-state index in [9.17, 15) is 4.39 Å². The molecule has 1 atom stereocenters. The molecule has 0 nitrogen and oxygen atoms in total. The predicted octanol–water partition coefficient (Wildman–Crippen LogP) is 3.79. The standard InChI is InChI=1S/C9H8BrClF/c1-6(5-10)8-4-7(12)2-3-9(8)11/h2-4,6H,1,5H2. The van der Waals surface area contributed by atoms with E-state index >= 15 is 0 Å². The minimum Gasteiger partial charge on any atom is -0.207 e. The molecule has 1 rings (SSSR count). The molecule has 0 heterocycles. The summed E-state index contributed by atoms with van der Waals surface area (Å²) >= 11 is 9.11. The molecule has 65 valence electrons. The van der Waals surface area contributed by atoms with Gasteiger partial charge in [0.2, 0.25) is 0 Å². The largest absolute Gasteiger partial charge is 0.207 e. The van der Waals surface area contributed by atoms with Gasteiger partial charge < -0.3 is 0 Å². The van der Waals surface area contributed by atoms with Crippen molar-refractivity contribution >= 4 is 27.5 Å². The van der Waals surface area contributed by atoms with E-state index in [0.717, 1.165) is 5.56 Å². The number of hydrogen-bond acceptors (Lipinski definition) is 0. The zero-order valence-electron chi connectivity index (χ0n) is 6.36. The lowest BCUT2D eigenvalue weighted by Gasteiger charge is -2.09. The SMILES string of the molecule is [CH2]C(CBr)c1cc(F)ccc1Cl. The second kappa shape index (κ2) is 4.24. The molecule has 0 saturated carbocycles. The van der Waals surface area contributed by atoms with E-state index in [-0.39, 0.29) is 11.7 Å². The van der Waals surface area contributed by atoms with Crippen LogP contribution in [0.25, 0.3) is 0 Å². The lowest BCUT2D eigenvalue weighted by molar-refractivity contribution is 0.625. The molecule has 0 aliphatic heterocycles. The van der Waals surface area contributed by atoms with E-state index in [1.54, 1.807) is 6.07 Å². The van der Waals surface area contributed by atoms with E-state index in [2.05, 4.69) is 22.9 Å². The third-order valence-electron chi connectivity index (χ3n) is 1.58. The maximum Gasteiger partial charge on any atom is 0.123 e. The zero-order chi connectivity index (χ0) is 9.14. The highest BCUT2D eigenvalue weighted by Gasteiger charge is 2.08. The van der Waals surface area contributed by atoms with Crippen LogP contribution in [-0.4, -0.2) is 5.33 Å². The Morgan fingerprint density at radius 3 is 2.83 bits per heavy atom. The summed E-state index contributed by atoms with van der Waals surface area (Å²) in [6.45, 7) is 3.83. The van der Waals surface area contributed by atoms with Crippen LogP contribution >= 0.6 is 27.5 Å². The van der Waals surface area contributed by atoms with Crippen LogP contribution in [0.1, 0.15) is 11.5 Å². The molecule has 3 heteroatoms. The summed E-state index contributed by atoms with van der Waals surface area (Å²) in [4.78, 5) is 0. The number of alkyl halides is 1. The van der Waals surface area contributed by atoms with Gasteiger partial charge in [0.1, 0.15) is 5.82 Å². The quantitative estimate of drug-likeness (QED) is 0.701. The van der Waals surface area contributed by atoms with Crippen molar-refractivity contribution in [3.63, 3.8) is 0 Å². The number of halogens is 3. The van der Waals surface area contributed by atoms with Gasteiger partial charge in [-0.2, -0.15) is 0 Å². The summed E-state index contributed by atoms with van der Waals surface area (Å²) in [7, 11) is 0. The fourth-order valence-corrected chi connectivity index (χ4v) is 1.53. The maximum absolute atomic E-state index is 12.7. The summed E-state index contributed by atoms with van der Waals surface area (Å²) in [5.41, 5.74) is 0.744. The molecule has 12 heavy (non-hydrogen) atoms. The van der Waals surface area contributed by atoms with Gasteiger partial charge in [0.15, 0.2) is 0 Å². The van der Waals surface area contributed by atoms with Gasteiger partial charge in [-0.25, -0.2) is 4.39 Å². The highest BCUT2D eigenvalue weighted by Crippen LogP contribution is 2.25. The van der Waals surface area contributed by atoms with E-state index < -0.39 is 0 Å². The highest BCUT2D eigenvalue weighted by molar-refractivity contribution is 9.09. The van der Waals surface area contributed by atoms with Gasteiger partial charge in [-0.3, -0.25) is 0 Å². The lowest BCUT2D eigenvalue weighted by Crippen LogP contribution is -1.96. The fourth-order valence-electron chi connectivity index (χ4n) is 0.911. The Hall–Kier alpha value is -0.0800. The first kappa shape index (κ1) is 10.0. The molecule has 0 saturated heterocycles. The van der Waals surface area contributed by atoms with Gasteiger partial charge in [-0.1, -0.05) is 27.5 Å². The molecule has 0 N–H and O–H groups in total. The molecule has 1 aromatic rings. The molecule has 0 aromatic heterocycles. The number of benzene rings is 1. The summed E-state index contributed by atoms with van der Waals surface area (Å²) in [5, 5.41) is 1.24. The maximum atomic E-state index is 12.7. The number of rotatable bonds is 2. The van der Waals surface area contributed by atoms with Crippen LogP contribution in [0, 0.1) is 12.7 Å². The fraction of sp³-hybridized carbons (Fsp3) is 0.222. The van der Waals surface area contributed by atoms with Gasteiger partial charge in [-0.15, -0.1) is 0 Å². The smallest absolute Gasteiger partial charge is 0.123 e. The van der Waals surface area contributed by atoms with Crippen molar-refractivity contribution in [1.29, 1.82) is 0 Å². The van der Waals surface area contributed by atoms with Gasteiger partial charge in [-0.05, 0) is 36.6 Å². The van der Waals surface area contributed by atoms with E-state index in [0.29, 0.717) is 10.4 Å². The highest BCUT2D eigenvalue weighted by atomic mass is 79.9. The van der Waals surface area contributed by atoms with Crippen LogP contribution in [0.5, 0.6) is 0 Å². The molecular weight excluding hydrogens is 242 g/mol. The van der Waals surface area contributed by atoms with Crippen LogP contribution < -0.4 is 0 Å². The van der Waals surface area contributed by atoms with Crippen molar-refractivity contribution in [3.05, 3.63) is 41.5 Å². The first-order chi connectivity index (χ1) is 5.65. The van der Waals surface area contributed by atoms with Crippen molar-refractivity contribution in [1.82, 2.24) is 0 Å². The molecule has 0 amide bonds. The van der Waals surface area contributed by atoms with Crippen LogP contribution in [0.15, 0.2) is 18.2 Å². The molecule has 0 aliphatic carbocycles. The average molecular weight is 251 g/mol. The molecule has 0 fully saturated rings. The molecule has 0 spiro atoms. The van der Waals surface area contributed by atoms with Crippen molar-refractivity contribution in [2.45, 2.75) is 5.92 Å². The third kappa shape index (κ3) is 2.20. The van der Waals surface area contributed by atoms with E-state index in [4.69, 9.17) is 11.6 Å². The Balaban J connectivity index is 3.04. The Kier molecular flexibility index (Phi) is 3.53. The Morgan fingerprint density at radius 2 is 2.25 bits per heavy atom. The lowest BCUT2D eigenvalue weighted by atomic mass is 10.0. The van der Waals surface area contributed by atoms with Crippen molar-refractivity contribution < 1.29 is 4.39 Å². The average Bonchev–Trinajstić information content (AvgIpc) is 2.08. The molecular formula is C9H8BrClF. The Labute approximate surface area is 84.9 Å². The number of hydrogen-bond donors (Lipinski definition) is 0. The van der Waals surface area contributed by atoms with Gasteiger partial charge >= 0.3 is 0 Å². The minimum atomic E-state index is -0.274. The van der Waals surface area contributed by atoms with Gasteiger partial charge in [0, 0.05) is 10.4 Å². The second-order valence-electron chi connectivity index (χ2n) is 2.52. The molecule has 1 radical (unpaired) electrons. The zero-order valence-corrected chi connectivity index (χ0v) is 8.70. The van der Waals surface area contributed by atoms with Crippen LogP contribution in [-0.2, 0) is 0 Å².